The number of hydrogen-bond acceptors (Lipinski definition) is 2. The molecule has 0 radical (unpaired) electrons. The van der Waals surface area contributed by atoms with Crippen molar-refractivity contribution < 1.29 is 0 Å². The molecule has 0 amide bonds. The number of para-hydroxylation sites is 1. The van der Waals surface area contributed by atoms with Crippen LogP contribution in [0.3, 0.4) is 0 Å². The number of nitrogens with zero attached hydrogens (tertiary/aromatic N) is 1. The Balaban J connectivity index is 2.86. The van der Waals surface area contributed by atoms with E-state index in [1.165, 1.54) is 0 Å². The molecule has 3 nitrogen and oxygen atoms in total. The van der Waals surface area contributed by atoms with Crippen LogP contribution in [-0.2, 0) is 6.42 Å². The first-order valence-electron chi connectivity index (χ1n) is 4.71. The smallest absolute Gasteiger partial charge is 0.193 e. The first kappa shape index (κ1) is 9.47. The van der Waals surface area contributed by atoms with Gasteiger partial charge in [0.05, 0.1) is 12.5 Å². The highest BCUT2D eigenvalue weighted by Gasteiger charge is 2.07. The van der Waals surface area contributed by atoms with Crippen molar-refractivity contribution >= 4 is 10.9 Å². The molecule has 1 aromatic carbocycles. The van der Waals surface area contributed by atoms with Gasteiger partial charge in [0.1, 0.15) is 0 Å². The Bertz CT molecular complexity index is 605. The second-order valence-corrected chi connectivity index (χ2v) is 3.44. The Morgan fingerprint density at radius 3 is 2.87 bits per heavy atom. The van der Waals surface area contributed by atoms with E-state index in [-0.39, 0.29) is 11.8 Å². The van der Waals surface area contributed by atoms with Crippen LogP contribution in [0, 0.1) is 18.3 Å². The zero-order valence-corrected chi connectivity index (χ0v) is 8.37. The van der Waals surface area contributed by atoms with Crippen LogP contribution >= 0.6 is 0 Å². The quantitative estimate of drug-likeness (QED) is 0.760. The minimum Gasteiger partial charge on any atom is -0.358 e. The van der Waals surface area contributed by atoms with E-state index in [2.05, 4.69) is 4.98 Å². The summed E-state index contributed by atoms with van der Waals surface area (Å²) in [5.41, 5.74) is 2.13. The van der Waals surface area contributed by atoms with Crippen molar-refractivity contribution in [3.63, 3.8) is 0 Å². The fourth-order valence-electron chi connectivity index (χ4n) is 1.69. The van der Waals surface area contributed by atoms with Gasteiger partial charge >= 0.3 is 0 Å². The van der Waals surface area contributed by atoms with E-state index in [4.69, 9.17) is 5.26 Å². The molecule has 2 aromatic rings. The van der Waals surface area contributed by atoms with Crippen molar-refractivity contribution in [1.82, 2.24) is 4.98 Å². The summed E-state index contributed by atoms with van der Waals surface area (Å²) in [4.78, 5) is 15.1. The van der Waals surface area contributed by atoms with Crippen molar-refractivity contribution in [1.29, 1.82) is 5.26 Å². The van der Waals surface area contributed by atoms with Crippen molar-refractivity contribution in [2.24, 2.45) is 0 Å². The zero-order chi connectivity index (χ0) is 10.8. The molecule has 0 spiro atoms. The molecular formula is C12H10N2O. The molecule has 0 saturated heterocycles. The van der Waals surface area contributed by atoms with Crippen LogP contribution in [0.5, 0.6) is 0 Å². The maximum absolute atomic E-state index is 12.0. The molecular weight excluding hydrogens is 188 g/mol. The number of aromatic amines is 1. The molecule has 0 bridgehead atoms. The highest BCUT2D eigenvalue weighted by molar-refractivity contribution is 5.79. The van der Waals surface area contributed by atoms with Crippen LogP contribution in [0.2, 0.25) is 0 Å². The first-order chi connectivity index (χ1) is 7.24. The maximum atomic E-state index is 12.0. The topological polar surface area (TPSA) is 56.6 Å². The molecule has 0 unspecified atom stereocenters. The number of nitriles is 1. The van der Waals surface area contributed by atoms with Crippen molar-refractivity contribution in [2.75, 3.05) is 0 Å². The van der Waals surface area contributed by atoms with Crippen LogP contribution in [-0.4, -0.2) is 4.98 Å². The summed E-state index contributed by atoms with van der Waals surface area (Å²) < 4.78 is 0. The molecule has 2 rings (SSSR count). The van der Waals surface area contributed by atoms with Gasteiger partial charge in [-0.15, -0.1) is 0 Å². The third-order valence-electron chi connectivity index (χ3n) is 2.48. The van der Waals surface area contributed by atoms with Crippen LogP contribution < -0.4 is 5.43 Å². The lowest BCUT2D eigenvalue weighted by Gasteiger charge is -2.04. The number of H-pyrrole nitrogens is 1. The van der Waals surface area contributed by atoms with Gasteiger partial charge in [0, 0.05) is 22.2 Å². The summed E-state index contributed by atoms with van der Waals surface area (Å²) in [7, 11) is 0. The van der Waals surface area contributed by atoms with Crippen molar-refractivity contribution in [2.45, 2.75) is 13.3 Å². The van der Waals surface area contributed by atoms with Gasteiger partial charge in [0.15, 0.2) is 5.43 Å². The van der Waals surface area contributed by atoms with Gasteiger partial charge in [-0.2, -0.15) is 5.26 Å². The maximum Gasteiger partial charge on any atom is 0.193 e. The molecule has 0 saturated carbocycles. The predicted molar refractivity (Wildman–Crippen MR) is 58.6 cm³/mol. The van der Waals surface area contributed by atoms with E-state index in [9.17, 15) is 4.79 Å². The molecule has 1 N–H and O–H groups in total. The molecule has 0 aliphatic heterocycles. The molecule has 0 aliphatic carbocycles. The molecule has 1 aromatic heterocycles. The van der Waals surface area contributed by atoms with Crippen LogP contribution in [0.4, 0.5) is 0 Å². The van der Waals surface area contributed by atoms with E-state index in [0.717, 1.165) is 11.2 Å². The second-order valence-electron chi connectivity index (χ2n) is 3.44. The largest absolute Gasteiger partial charge is 0.358 e. The normalized spacial score (nSPS) is 10.1. The number of fused-ring (bicyclic) bond motifs is 1. The summed E-state index contributed by atoms with van der Waals surface area (Å²) in [6.07, 6.45) is 0.159. The average molecular weight is 198 g/mol. The lowest BCUT2D eigenvalue weighted by molar-refractivity contribution is 1.12. The van der Waals surface area contributed by atoms with Gasteiger partial charge < -0.3 is 4.98 Å². The average Bonchev–Trinajstić information content (AvgIpc) is 2.24. The van der Waals surface area contributed by atoms with Crippen molar-refractivity contribution in [3.05, 3.63) is 45.7 Å². The summed E-state index contributed by atoms with van der Waals surface area (Å²) in [6, 6.07) is 9.34. The van der Waals surface area contributed by atoms with E-state index in [0.29, 0.717) is 10.9 Å². The van der Waals surface area contributed by atoms with Crippen molar-refractivity contribution in [3.8, 4) is 6.07 Å². The molecule has 15 heavy (non-hydrogen) atoms. The molecule has 74 valence electrons. The summed E-state index contributed by atoms with van der Waals surface area (Å²) >= 11 is 0. The Hall–Kier alpha value is -2.08. The number of hydrogen-bond donors (Lipinski definition) is 1. The fraction of sp³-hybridized carbons (Fsp3) is 0.167. The monoisotopic (exact) mass is 198 g/mol. The van der Waals surface area contributed by atoms with E-state index < -0.39 is 0 Å². The first-order valence-corrected chi connectivity index (χ1v) is 4.71. The third kappa shape index (κ3) is 1.50. The minimum absolute atomic E-state index is 0.0385. The van der Waals surface area contributed by atoms with Gasteiger partial charge in [-0.05, 0) is 19.1 Å². The lowest BCUT2D eigenvalue weighted by atomic mass is 10.1. The number of pyridine rings is 1. The van der Waals surface area contributed by atoms with E-state index >= 15 is 0 Å². The molecule has 0 fully saturated rings. The number of aryl methyl sites for hydroxylation is 1. The standard InChI is InChI=1S/C12H10N2O/c1-8-9(6-7-13)12(15)10-4-2-3-5-11(10)14-8/h2-5H,6H2,1H3,(H,14,15). The summed E-state index contributed by atoms with van der Waals surface area (Å²) in [5.74, 6) is 0. The van der Waals surface area contributed by atoms with Crippen LogP contribution in [0.1, 0.15) is 11.3 Å². The van der Waals surface area contributed by atoms with Crippen LogP contribution in [0.15, 0.2) is 29.1 Å². The summed E-state index contributed by atoms with van der Waals surface area (Å²) in [6.45, 7) is 1.82. The molecule has 1 heterocycles. The third-order valence-corrected chi connectivity index (χ3v) is 2.48. The number of rotatable bonds is 1. The van der Waals surface area contributed by atoms with E-state index in [1.807, 2.05) is 31.2 Å². The van der Waals surface area contributed by atoms with Crippen LogP contribution in [0.25, 0.3) is 10.9 Å². The van der Waals surface area contributed by atoms with Gasteiger partial charge in [-0.3, -0.25) is 4.79 Å². The zero-order valence-electron chi connectivity index (χ0n) is 8.37. The highest BCUT2D eigenvalue weighted by Crippen LogP contribution is 2.10. The summed E-state index contributed by atoms with van der Waals surface area (Å²) in [5, 5.41) is 9.28. The Kier molecular flexibility index (Phi) is 2.26. The van der Waals surface area contributed by atoms with Gasteiger partial charge in [0.25, 0.3) is 0 Å². The predicted octanol–water partition coefficient (Wildman–Crippen LogP) is 1.90. The number of aromatic nitrogens is 1. The second kappa shape index (κ2) is 3.58. The lowest BCUT2D eigenvalue weighted by Crippen LogP contribution is -2.12. The van der Waals surface area contributed by atoms with Gasteiger partial charge in [0.2, 0.25) is 0 Å². The minimum atomic E-state index is -0.0385. The Labute approximate surface area is 87.0 Å². The number of benzene rings is 1. The highest BCUT2D eigenvalue weighted by atomic mass is 16.1. The van der Waals surface area contributed by atoms with Gasteiger partial charge in [-0.1, -0.05) is 12.1 Å². The van der Waals surface area contributed by atoms with E-state index in [1.54, 1.807) is 6.07 Å². The molecule has 3 heteroatoms. The Morgan fingerprint density at radius 2 is 2.13 bits per heavy atom. The SMILES string of the molecule is Cc1[nH]c2ccccc2c(=O)c1CC#N. The molecule has 0 atom stereocenters. The Morgan fingerprint density at radius 1 is 1.40 bits per heavy atom. The molecule has 0 aliphatic rings. The fourth-order valence-corrected chi connectivity index (χ4v) is 1.69. The number of nitrogens with one attached hydrogen (secondary N) is 1. The van der Waals surface area contributed by atoms with Gasteiger partial charge in [-0.25, -0.2) is 0 Å².